The molecule has 0 aliphatic carbocycles. The zero-order chi connectivity index (χ0) is 20.8. The van der Waals surface area contributed by atoms with Crippen LogP contribution in [0.5, 0.6) is 5.75 Å². The van der Waals surface area contributed by atoms with Gasteiger partial charge in [-0.05, 0) is 26.0 Å². The highest BCUT2D eigenvalue weighted by Crippen LogP contribution is 2.28. The van der Waals surface area contributed by atoms with Gasteiger partial charge in [-0.3, -0.25) is 9.59 Å². The molecule has 6 nitrogen and oxygen atoms in total. The fraction of sp³-hybridized carbons (Fsp3) is 0.227. The monoisotopic (exact) mass is 409 g/mol. The third kappa shape index (κ3) is 5.00. The van der Waals surface area contributed by atoms with Crippen LogP contribution in [-0.4, -0.2) is 41.9 Å². The Morgan fingerprint density at radius 2 is 1.90 bits per heavy atom. The average molecular weight is 410 g/mol. The number of nitrogens with one attached hydrogen (secondary N) is 1. The number of benzene rings is 2. The van der Waals surface area contributed by atoms with E-state index in [1.165, 1.54) is 16.2 Å². The number of aromatic nitrogens is 1. The smallest absolute Gasteiger partial charge is 0.266 e. The van der Waals surface area contributed by atoms with Crippen LogP contribution in [0.3, 0.4) is 0 Å². The molecule has 1 aromatic heterocycles. The maximum atomic E-state index is 13.0. The number of hydrogen-bond donors (Lipinski definition) is 1. The summed E-state index contributed by atoms with van der Waals surface area (Å²) in [6, 6.07) is 16.8. The maximum Gasteiger partial charge on any atom is 0.266 e. The van der Waals surface area contributed by atoms with E-state index in [1.54, 1.807) is 31.4 Å². The molecule has 0 fully saturated rings. The molecule has 1 heterocycles. The van der Waals surface area contributed by atoms with Crippen LogP contribution in [0, 0.1) is 6.92 Å². The lowest BCUT2D eigenvalue weighted by Crippen LogP contribution is -2.37. The van der Waals surface area contributed by atoms with Gasteiger partial charge in [0.25, 0.3) is 5.91 Å². The van der Waals surface area contributed by atoms with E-state index >= 15 is 0 Å². The molecular formula is C22H23N3O3S. The second kappa shape index (κ2) is 9.34. The predicted octanol–water partition coefficient (Wildman–Crippen LogP) is 4.23. The Labute approximate surface area is 174 Å². The van der Waals surface area contributed by atoms with Gasteiger partial charge in [0.1, 0.15) is 22.2 Å². The summed E-state index contributed by atoms with van der Waals surface area (Å²) in [7, 11) is 1.57. The van der Waals surface area contributed by atoms with E-state index in [0.29, 0.717) is 28.6 Å². The number of ether oxygens (including phenoxy) is 1. The third-order valence-electron chi connectivity index (χ3n) is 4.37. The first-order valence-electron chi connectivity index (χ1n) is 9.27. The highest BCUT2D eigenvalue weighted by Gasteiger charge is 2.23. The number of nitrogens with zero attached hydrogens (tertiary/aromatic N) is 2. The second-order valence-corrected chi connectivity index (χ2v) is 7.40. The molecule has 2 aromatic carbocycles. The molecule has 2 amide bonds. The fourth-order valence-corrected chi connectivity index (χ4v) is 3.88. The lowest BCUT2D eigenvalue weighted by molar-refractivity contribution is -0.116. The summed E-state index contributed by atoms with van der Waals surface area (Å²) in [4.78, 5) is 32.1. The van der Waals surface area contributed by atoms with Gasteiger partial charge in [-0.2, -0.15) is 0 Å². The maximum absolute atomic E-state index is 13.0. The van der Waals surface area contributed by atoms with Gasteiger partial charge in [0, 0.05) is 23.9 Å². The first kappa shape index (κ1) is 20.5. The standard InChI is InChI=1S/C22H23N3O3S/c1-4-25(14-19(26)24-17-11-8-12-18(13-17)28-3)22(27)20-15(2)23-21(29-20)16-9-6-5-7-10-16/h5-13H,4,14H2,1-3H3,(H,24,26). The number of carbonyl (C=O) groups excluding carboxylic acids is 2. The lowest BCUT2D eigenvalue weighted by atomic mass is 10.2. The Bertz CT molecular complexity index is 1000. The zero-order valence-corrected chi connectivity index (χ0v) is 17.5. The van der Waals surface area contributed by atoms with Crippen LogP contribution in [0.2, 0.25) is 0 Å². The highest BCUT2D eigenvalue weighted by molar-refractivity contribution is 7.17. The predicted molar refractivity (Wildman–Crippen MR) is 115 cm³/mol. The normalized spacial score (nSPS) is 10.4. The van der Waals surface area contributed by atoms with E-state index in [9.17, 15) is 9.59 Å². The summed E-state index contributed by atoms with van der Waals surface area (Å²) in [5.41, 5.74) is 2.27. The first-order valence-corrected chi connectivity index (χ1v) is 10.1. The quantitative estimate of drug-likeness (QED) is 0.634. The van der Waals surface area contributed by atoms with Crippen LogP contribution in [-0.2, 0) is 4.79 Å². The molecule has 29 heavy (non-hydrogen) atoms. The largest absolute Gasteiger partial charge is 0.497 e. The molecule has 3 aromatic rings. The number of rotatable bonds is 7. The van der Waals surface area contributed by atoms with Gasteiger partial charge in [-0.15, -0.1) is 11.3 Å². The molecule has 0 atom stereocenters. The molecule has 0 saturated carbocycles. The van der Waals surface area contributed by atoms with Gasteiger partial charge in [0.2, 0.25) is 5.91 Å². The van der Waals surface area contributed by atoms with E-state index in [2.05, 4.69) is 10.3 Å². The van der Waals surface area contributed by atoms with Crippen LogP contribution in [0.4, 0.5) is 5.69 Å². The minimum atomic E-state index is -0.265. The van der Waals surface area contributed by atoms with Crippen LogP contribution >= 0.6 is 11.3 Å². The van der Waals surface area contributed by atoms with Gasteiger partial charge in [-0.1, -0.05) is 36.4 Å². The van der Waals surface area contributed by atoms with Crippen LogP contribution < -0.4 is 10.1 Å². The van der Waals surface area contributed by atoms with Crippen LogP contribution in [0.25, 0.3) is 10.6 Å². The fourth-order valence-electron chi connectivity index (χ4n) is 2.84. The molecule has 0 radical (unpaired) electrons. The number of aryl methyl sites for hydroxylation is 1. The van der Waals surface area contributed by atoms with E-state index < -0.39 is 0 Å². The molecule has 0 saturated heterocycles. The summed E-state index contributed by atoms with van der Waals surface area (Å²) in [5.74, 6) is 0.198. The van der Waals surface area contributed by atoms with Crippen molar-refractivity contribution in [2.75, 3.05) is 25.5 Å². The Hall–Kier alpha value is -3.19. The molecule has 3 rings (SSSR count). The molecule has 1 N–H and O–H groups in total. The summed E-state index contributed by atoms with van der Waals surface area (Å²) < 4.78 is 5.17. The van der Waals surface area contributed by atoms with E-state index in [0.717, 1.165) is 10.6 Å². The van der Waals surface area contributed by atoms with Gasteiger partial charge in [-0.25, -0.2) is 4.98 Å². The summed E-state index contributed by atoms with van der Waals surface area (Å²) >= 11 is 1.35. The topological polar surface area (TPSA) is 71.5 Å². The van der Waals surface area contributed by atoms with Crippen molar-refractivity contribution in [1.82, 2.24) is 9.88 Å². The van der Waals surface area contributed by atoms with Crippen LogP contribution in [0.1, 0.15) is 22.3 Å². The van der Waals surface area contributed by atoms with Crippen molar-refractivity contribution < 1.29 is 14.3 Å². The average Bonchev–Trinajstić information content (AvgIpc) is 3.14. The van der Waals surface area contributed by atoms with Gasteiger partial charge < -0.3 is 15.0 Å². The number of likely N-dealkylation sites (N-methyl/N-ethyl adjacent to an activating group) is 1. The van der Waals surface area contributed by atoms with E-state index in [-0.39, 0.29) is 18.4 Å². The Morgan fingerprint density at radius 1 is 1.14 bits per heavy atom. The Balaban J connectivity index is 1.72. The second-order valence-electron chi connectivity index (χ2n) is 6.40. The molecule has 0 unspecified atom stereocenters. The zero-order valence-electron chi connectivity index (χ0n) is 16.6. The molecular weight excluding hydrogens is 386 g/mol. The molecule has 0 aliphatic rings. The highest BCUT2D eigenvalue weighted by atomic mass is 32.1. The lowest BCUT2D eigenvalue weighted by Gasteiger charge is -2.20. The van der Waals surface area contributed by atoms with Gasteiger partial charge >= 0.3 is 0 Å². The van der Waals surface area contributed by atoms with Crippen molar-refractivity contribution >= 4 is 28.8 Å². The van der Waals surface area contributed by atoms with Gasteiger partial charge in [0.05, 0.1) is 12.8 Å². The number of anilines is 1. The van der Waals surface area contributed by atoms with Crippen LogP contribution in [0.15, 0.2) is 54.6 Å². The van der Waals surface area contributed by atoms with Crippen molar-refractivity contribution in [2.45, 2.75) is 13.8 Å². The number of amides is 2. The number of carbonyl (C=O) groups is 2. The minimum absolute atomic E-state index is 0.0371. The van der Waals surface area contributed by atoms with Crippen molar-refractivity contribution in [3.8, 4) is 16.3 Å². The summed E-state index contributed by atoms with van der Waals surface area (Å²) in [6.07, 6.45) is 0. The van der Waals surface area contributed by atoms with Crippen molar-refractivity contribution in [3.05, 3.63) is 65.2 Å². The number of methoxy groups -OCH3 is 1. The molecule has 0 aliphatic heterocycles. The van der Waals surface area contributed by atoms with E-state index in [1.807, 2.05) is 44.2 Å². The summed E-state index contributed by atoms with van der Waals surface area (Å²) in [6.45, 7) is 4.05. The number of thiazole rings is 1. The Kier molecular flexibility index (Phi) is 6.61. The van der Waals surface area contributed by atoms with Gasteiger partial charge in [0.15, 0.2) is 0 Å². The molecule has 7 heteroatoms. The SMILES string of the molecule is CCN(CC(=O)Nc1cccc(OC)c1)C(=O)c1sc(-c2ccccc2)nc1C. The first-order chi connectivity index (χ1) is 14.0. The van der Waals surface area contributed by atoms with E-state index in [4.69, 9.17) is 4.74 Å². The minimum Gasteiger partial charge on any atom is -0.497 e. The summed E-state index contributed by atoms with van der Waals surface area (Å²) in [5, 5.41) is 3.60. The van der Waals surface area contributed by atoms with Crippen molar-refractivity contribution in [2.24, 2.45) is 0 Å². The number of hydrogen-bond acceptors (Lipinski definition) is 5. The van der Waals surface area contributed by atoms with Crippen molar-refractivity contribution in [3.63, 3.8) is 0 Å². The van der Waals surface area contributed by atoms with Crippen molar-refractivity contribution in [1.29, 1.82) is 0 Å². The Morgan fingerprint density at radius 3 is 2.59 bits per heavy atom. The molecule has 0 bridgehead atoms. The third-order valence-corrected chi connectivity index (χ3v) is 5.56. The molecule has 0 spiro atoms. The molecule has 150 valence electrons.